The fraction of sp³-hybridized carbons (Fsp3) is 0.192. The van der Waals surface area contributed by atoms with E-state index in [0.717, 1.165) is 9.87 Å². The maximum absolute atomic E-state index is 13.5. The molecule has 2 amide bonds. The van der Waals surface area contributed by atoms with Gasteiger partial charge in [-0.25, -0.2) is 13.8 Å². The second kappa shape index (κ2) is 11.0. The summed E-state index contributed by atoms with van der Waals surface area (Å²) in [6, 6.07) is 20.5. The number of hydrazone groups is 1. The topological polar surface area (TPSA) is 108 Å². The minimum absolute atomic E-state index is 0.0913. The van der Waals surface area contributed by atoms with Crippen molar-refractivity contribution in [3.63, 3.8) is 0 Å². The van der Waals surface area contributed by atoms with E-state index in [2.05, 4.69) is 15.8 Å². The highest BCUT2D eigenvalue weighted by Crippen LogP contribution is 2.26. The van der Waals surface area contributed by atoms with Gasteiger partial charge in [0.25, 0.3) is 15.9 Å². The van der Waals surface area contributed by atoms with Crippen molar-refractivity contribution >= 4 is 38.9 Å². The van der Waals surface area contributed by atoms with Crippen LogP contribution < -0.4 is 15.0 Å². The Morgan fingerprint density at radius 3 is 2.26 bits per heavy atom. The molecule has 0 aliphatic heterocycles. The van der Waals surface area contributed by atoms with Gasteiger partial charge in [-0.15, -0.1) is 0 Å². The zero-order valence-corrected chi connectivity index (χ0v) is 20.9. The number of carbonyl (C=O) groups excluding carboxylic acids is 2. The van der Waals surface area contributed by atoms with Crippen molar-refractivity contribution in [1.82, 2.24) is 5.43 Å². The standard InChI is InChI=1S/C26H28N4O4S/c1-18-12-14-24(15-13-18)35(33,34)30(25-11-6-5-8-19(25)2)17-26(32)29-28-20(3)22-9-7-10-23(16-22)27-21(4)31/h5-16H,17H2,1-4H3,(H,27,31)(H,29,32)/b28-20-. The van der Waals surface area contributed by atoms with Gasteiger partial charge in [-0.05, 0) is 62.2 Å². The van der Waals surface area contributed by atoms with Gasteiger partial charge in [0.05, 0.1) is 16.3 Å². The summed E-state index contributed by atoms with van der Waals surface area (Å²) in [5.74, 6) is -0.794. The molecule has 0 fully saturated rings. The minimum atomic E-state index is -4.01. The van der Waals surface area contributed by atoms with Crippen LogP contribution in [-0.4, -0.2) is 32.5 Å². The summed E-state index contributed by atoms with van der Waals surface area (Å²) in [5.41, 5.74) is 6.29. The zero-order valence-electron chi connectivity index (χ0n) is 20.1. The van der Waals surface area contributed by atoms with Gasteiger partial charge in [0, 0.05) is 12.6 Å². The molecule has 182 valence electrons. The minimum Gasteiger partial charge on any atom is -0.326 e. The van der Waals surface area contributed by atoms with E-state index < -0.39 is 22.5 Å². The van der Waals surface area contributed by atoms with Crippen LogP contribution in [0.5, 0.6) is 0 Å². The summed E-state index contributed by atoms with van der Waals surface area (Å²) in [6.07, 6.45) is 0. The van der Waals surface area contributed by atoms with Crippen molar-refractivity contribution in [3.8, 4) is 0 Å². The highest BCUT2D eigenvalue weighted by atomic mass is 32.2. The maximum atomic E-state index is 13.5. The molecule has 0 saturated carbocycles. The van der Waals surface area contributed by atoms with Crippen LogP contribution in [0.3, 0.4) is 0 Å². The van der Waals surface area contributed by atoms with E-state index in [9.17, 15) is 18.0 Å². The summed E-state index contributed by atoms with van der Waals surface area (Å²) in [4.78, 5) is 24.2. The van der Waals surface area contributed by atoms with Crippen LogP contribution in [0.15, 0.2) is 82.8 Å². The van der Waals surface area contributed by atoms with E-state index in [1.165, 1.54) is 19.1 Å². The average molecular weight is 493 g/mol. The quantitative estimate of drug-likeness (QED) is 0.366. The first-order chi connectivity index (χ1) is 16.6. The third-order valence-electron chi connectivity index (χ3n) is 5.23. The third kappa shape index (κ3) is 6.54. The van der Waals surface area contributed by atoms with E-state index in [1.807, 2.05) is 6.92 Å². The Kier molecular flexibility index (Phi) is 8.03. The molecular weight excluding hydrogens is 464 g/mol. The number of carbonyl (C=O) groups is 2. The van der Waals surface area contributed by atoms with Crippen LogP contribution in [0.1, 0.15) is 30.5 Å². The van der Waals surface area contributed by atoms with E-state index in [0.29, 0.717) is 28.2 Å². The molecule has 3 aromatic rings. The predicted octanol–water partition coefficient (Wildman–Crippen LogP) is 4.00. The van der Waals surface area contributed by atoms with Gasteiger partial charge in [-0.3, -0.25) is 13.9 Å². The smallest absolute Gasteiger partial charge is 0.264 e. The van der Waals surface area contributed by atoms with Crippen molar-refractivity contribution in [2.45, 2.75) is 32.6 Å². The van der Waals surface area contributed by atoms with Crippen molar-refractivity contribution in [1.29, 1.82) is 0 Å². The molecule has 3 rings (SSSR count). The number of nitrogens with one attached hydrogen (secondary N) is 2. The molecule has 0 bridgehead atoms. The van der Waals surface area contributed by atoms with Crippen molar-refractivity contribution in [2.24, 2.45) is 5.10 Å². The Morgan fingerprint density at radius 2 is 1.60 bits per heavy atom. The van der Waals surface area contributed by atoms with Crippen LogP contribution in [0.2, 0.25) is 0 Å². The van der Waals surface area contributed by atoms with Crippen LogP contribution in [0, 0.1) is 13.8 Å². The van der Waals surface area contributed by atoms with Crippen LogP contribution in [-0.2, 0) is 19.6 Å². The monoisotopic (exact) mass is 492 g/mol. The molecule has 9 heteroatoms. The normalized spacial score (nSPS) is 11.6. The van der Waals surface area contributed by atoms with Gasteiger partial charge in [0.2, 0.25) is 5.91 Å². The number of aryl methyl sites for hydroxylation is 2. The van der Waals surface area contributed by atoms with E-state index >= 15 is 0 Å². The molecule has 0 aliphatic rings. The molecule has 0 radical (unpaired) electrons. The lowest BCUT2D eigenvalue weighted by Crippen LogP contribution is -2.40. The van der Waals surface area contributed by atoms with Crippen LogP contribution in [0.4, 0.5) is 11.4 Å². The molecule has 0 heterocycles. The number of hydrogen-bond donors (Lipinski definition) is 2. The molecule has 8 nitrogen and oxygen atoms in total. The Morgan fingerprint density at radius 1 is 0.914 bits per heavy atom. The SMILES string of the molecule is CC(=O)Nc1cccc(/C(C)=N\NC(=O)CN(c2ccccc2C)S(=O)(=O)c2ccc(C)cc2)c1. The van der Waals surface area contributed by atoms with Gasteiger partial charge >= 0.3 is 0 Å². The molecule has 35 heavy (non-hydrogen) atoms. The third-order valence-corrected chi connectivity index (χ3v) is 7.00. The Bertz CT molecular complexity index is 1370. The zero-order chi connectivity index (χ0) is 25.6. The number of para-hydroxylation sites is 1. The number of amides is 2. The van der Waals surface area contributed by atoms with E-state index in [-0.39, 0.29) is 10.8 Å². The molecule has 0 aromatic heterocycles. The van der Waals surface area contributed by atoms with E-state index in [4.69, 9.17) is 0 Å². The number of hydrogen-bond acceptors (Lipinski definition) is 5. The number of anilines is 2. The molecule has 0 unspecified atom stereocenters. The first-order valence-corrected chi connectivity index (χ1v) is 12.4. The molecule has 2 N–H and O–H groups in total. The predicted molar refractivity (Wildman–Crippen MR) is 138 cm³/mol. The summed E-state index contributed by atoms with van der Waals surface area (Å²) in [5, 5.41) is 6.83. The first kappa shape index (κ1) is 25.6. The van der Waals surface area contributed by atoms with E-state index in [1.54, 1.807) is 74.5 Å². The van der Waals surface area contributed by atoms with Gasteiger partial charge in [-0.2, -0.15) is 5.10 Å². The summed E-state index contributed by atoms with van der Waals surface area (Å²) in [7, 11) is -4.01. The molecule has 0 saturated heterocycles. The molecule has 3 aromatic carbocycles. The second-order valence-corrected chi connectivity index (χ2v) is 9.97. The number of sulfonamides is 1. The van der Waals surface area contributed by atoms with Crippen molar-refractivity contribution in [3.05, 3.63) is 89.5 Å². The lowest BCUT2D eigenvalue weighted by molar-refractivity contribution is -0.119. The lowest BCUT2D eigenvalue weighted by Gasteiger charge is -2.25. The Balaban J connectivity index is 1.85. The summed E-state index contributed by atoms with van der Waals surface area (Å²) < 4.78 is 28.1. The molecule has 0 aliphatic carbocycles. The number of rotatable bonds is 8. The Labute approximate surface area is 205 Å². The van der Waals surface area contributed by atoms with Crippen molar-refractivity contribution in [2.75, 3.05) is 16.2 Å². The number of nitrogens with zero attached hydrogens (tertiary/aromatic N) is 2. The van der Waals surface area contributed by atoms with Gasteiger partial charge < -0.3 is 5.32 Å². The fourth-order valence-electron chi connectivity index (χ4n) is 3.38. The Hall–Kier alpha value is -3.98. The molecular formula is C26H28N4O4S. The summed E-state index contributed by atoms with van der Waals surface area (Å²) in [6.45, 7) is 6.32. The highest BCUT2D eigenvalue weighted by molar-refractivity contribution is 7.92. The van der Waals surface area contributed by atoms with Gasteiger partial charge in [0.1, 0.15) is 6.54 Å². The van der Waals surface area contributed by atoms with Crippen LogP contribution in [0.25, 0.3) is 0 Å². The molecule has 0 atom stereocenters. The highest BCUT2D eigenvalue weighted by Gasteiger charge is 2.28. The van der Waals surface area contributed by atoms with Gasteiger partial charge in [0.15, 0.2) is 0 Å². The van der Waals surface area contributed by atoms with Crippen LogP contribution >= 0.6 is 0 Å². The first-order valence-electron chi connectivity index (χ1n) is 10.9. The summed E-state index contributed by atoms with van der Waals surface area (Å²) >= 11 is 0. The largest absolute Gasteiger partial charge is 0.326 e. The number of benzene rings is 3. The fourth-order valence-corrected chi connectivity index (χ4v) is 4.87. The average Bonchev–Trinajstić information content (AvgIpc) is 2.81. The van der Waals surface area contributed by atoms with Crippen molar-refractivity contribution < 1.29 is 18.0 Å². The second-order valence-electron chi connectivity index (χ2n) is 8.11. The molecule has 0 spiro atoms. The van der Waals surface area contributed by atoms with Gasteiger partial charge in [-0.1, -0.05) is 48.0 Å². The maximum Gasteiger partial charge on any atom is 0.264 e. The lowest BCUT2D eigenvalue weighted by atomic mass is 10.1.